The molecule has 0 radical (unpaired) electrons. The average molecular weight is 478 g/mol. The van der Waals surface area contributed by atoms with Crippen LogP contribution in [0.5, 0.6) is 17.4 Å². The molecule has 0 saturated carbocycles. The van der Waals surface area contributed by atoms with Gasteiger partial charge in [0.2, 0.25) is 17.7 Å². The molecular weight excluding hydrogens is 450 g/mol. The Balaban J connectivity index is 1.13. The number of hydrogen-bond acceptors (Lipinski definition) is 8. The number of piperidine rings is 1. The summed E-state index contributed by atoms with van der Waals surface area (Å²) in [6.07, 6.45) is 3.13. The quantitative estimate of drug-likeness (QED) is 0.473. The van der Waals surface area contributed by atoms with Crippen LogP contribution in [0.3, 0.4) is 0 Å². The van der Waals surface area contributed by atoms with Gasteiger partial charge in [0, 0.05) is 31.3 Å². The van der Waals surface area contributed by atoms with Crippen LogP contribution in [0, 0.1) is 0 Å². The van der Waals surface area contributed by atoms with Gasteiger partial charge in [-0.2, -0.15) is 0 Å². The number of ether oxygens (including phenoxy) is 3. The van der Waals surface area contributed by atoms with Crippen molar-refractivity contribution in [1.82, 2.24) is 20.6 Å². The number of anilines is 1. The van der Waals surface area contributed by atoms with Crippen LogP contribution in [0.15, 0.2) is 42.6 Å². The Bertz CT molecular complexity index is 1250. The lowest BCUT2D eigenvalue weighted by atomic mass is 9.97. The van der Waals surface area contributed by atoms with E-state index in [9.17, 15) is 9.59 Å². The van der Waals surface area contributed by atoms with Gasteiger partial charge in [0.05, 0.1) is 24.4 Å². The Morgan fingerprint density at radius 2 is 2.00 bits per heavy atom. The first-order valence-electron chi connectivity index (χ1n) is 11.6. The summed E-state index contributed by atoms with van der Waals surface area (Å²) in [6.45, 7) is 1.62. The molecule has 0 bridgehead atoms. The highest BCUT2D eigenvalue weighted by Crippen LogP contribution is 2.30. The molecule has 4 heterocycles. The van der Waals surface area contributed by atoms with Gasteiger partial charge in [0.15, 0.2) is 11.5 Å². The molecule has 10 heteroatoms. The molecule has 10 nitrogen and oxygen atoms in total. The number of nitrogens with zero attached hydrogens (tertiary/aromatic N) is 2. The molecular formula is C25H27N5O5. The fraction of sp³-hybridized carbons (Fsp3) is 0.360. The van der Waals surface area contributed by atoms with Crippen LogP contribution in [-0.4, -0.2) is 54.2 Å². The number of rotatable bonds is 7. The molecule has 2 atom stereocenters. The van der Waals surface area contributed by atoms with Gasteiger partial charge in [-0.3, -0.25) is 14.6 Å². The van der Waals surface area contributed by atoms with Crippen molar-refractivity contribution in [2.75, 3.05) is 25.6 Å². The lowest BCUT2D eigenvalue weighted by Crippen LogP contribution is -2.53. The molecule has 5 rings (SSSR count). The van der Waals surface area contributed by atoms with Crippen LogP contribution >= 0.6 is 0 Å². The minimum Gasteiger partial charge on any atom is -0.486 e. The summed E-state index contributed by atoms with van der Waals surface area (Å²) < 4.78 is 16.4. The summed E-state index contributed by atoms with van der Waals surface area (Å²) >= 11 is 0. The van der Waals surface area contributed by atoms with Crippen molar-refractivity contribution < 1.29 is 23.8 Å². The Morgan fingerprint density at radius 3 is 2.83 bits per heavy atom. The first kappa shape index (κ1) is 22.9. The van der Waals surface area contributed by atoms with Crippen molar-refractivity contribution in [3.63, 3.8) is 0 Å². The van der Waals surface area contributed by atoms with Crippen LogP contribution < -0.4 is 30.2 Å². The first-order chi connectivity index (χ1) is 17.1. The second-order valence-electron chi connectivity index (χ2n) is 8.53. The zero-order chi connectivity index (χ0) is 24.2. The molecule has 2 aliphatic rings. The molecule has 2 aromatic heterocycles. The van der Waals surface area contributed by atoms with Crippen LogP contribution in [0.1, 0.15) is 24.8 Å². The molecule has 35 heavy (non-hydrogen) atoms. The number of methoxy groups -OCH3 is 1. The van der Waals surface area contributed by atoms with Gasteiger partial charge < -0.3 is 30.2 Å². The maximum absolute atomic E-state index is 12.7. The van der Waals surface area contributed by atoms with Gasteiger partial charge in [-0.1, -0.05) is 6.07 Å². The van der Waals surface area contributed by atoms with Crippen LogP contribution in [0.4, 0.5) is 5.69 Å². The van der Waals surface area contributed by atoms with E-state index in [0.717, 1.165) is 17.1 Å². The van der Waals surface area contributed by atoms with Crippen molar-refractivity contribution in [1.29, 1.82) is 0 Å². The Kier molecular flexibility index (Phi) is 6.62. The van der Waals surface area contributed by atoms with E-state index in [1.807, 2.05) is 18.2 Å². The zero-order valence-corrected chi connectivity index (χ0v) is 19.4. The molecule has 182 valence electrons. The van der Waals surface area contributed by atoms with E-state index in [4.69, 9.17) is 14.2 Å². The molecule has 1 saturated heterocycles. The fourth-order valence-corrected chi connectivity index (χ4v) is 4.31. The monoisotopic (exact) mass is 477 g/mol. The van der Waals surface area contributed by atoms with Crippen molar-refractivity contribution in [3.8, 4) is 17.4 Å². The fourth-order valence-electron chi connectivity index (χ4n) is 4.31. The summed E-state index contributed by atoms with van der Waals surface area (Å²) in [5.41, 5.74) is 2.77. The predicted molar refractivity (Wildman–Crippen MR) is 129 cm³/mol. The van der Waals surface area contributed by atoms with E-state index >= 15 is 0 Å². The lowest BCUT2D eigenvalue weighted by Gasteiger charge is -2.29. The van der Waals surface area contributed by atoms with E-state index in [1.165, 1.54) is 7.11 Å². The van der Waals surface area contributed by atoms with Crippen molar-refractivity contribution >= 4 is 28.5 Å². The highest BCUT2D eigenvalue weighted by Gasteiger charge is 2.29. The normalized spacial score (nSPS) is 19.2. The molecule has 2 aliphatic heterocycles. The molecule has 2 amide bonds. The first-order valence-corrected chi connectivity index (χ1v) is 11.6. The van der Waals surface area contributed by atoms with Gasteiger partial charge in [-0.15, -0.1) is 0 Å². The van der Waals surface area contributed by atoms with E-state index in [2.05, 4.69) is 25.9 Å². The van der Waals surface area contributed by atoms with Crippen LogP contribution in [-0.2, 0) is 16.1 Å². The maximum Gasteiger partial charge on any atom is 0.237 e. The number of aromatic nitrogens is 2. The number of nitrogens with one attached hydrogen (secondary N) is 3. The van der Waals surface area contributed by atoms with Gasteiger partial charge in [0.1, 0.15) is 18.7 Å². The van der Waals surface area contributed by atoms with Crippen LogP contribution in [0.25, 0.3) is 11.0 Å². The summed E-state index contributed by atoms with van der Waals surface area (Å²) in [5.74, 6) is 1.61. The number of pyridine rings is 2. The minimum absolute atomic E-state index is 0.104. The van der Waals surface area contributed by atoms with Crippen molar-refractivity contribution in [3.05, 3.63) is 48.2 Å². The van der Waals surface area contributed by atoms with E-state index in [0.29, 0.717) is 55.2 Å². The standard InChI is InChI=1S/C25H27N5O5/c1-33-23-7-5-17-24(30-23)18(8-9-26-17)29-22(31)13-16-3-4-19(25(32)28-16)27-14-15-2-6-20-21(12-15)35-11-10-34-20/h2,5-9,12,16,19,27H,3-4,10-11,13-14H2,1H3,(H,28,32)(H,26,29,31)/t16-,19+/m1/s1. The molecule has 0 spiro atoms. The number of benzene rings is 1. The van der Waals surface area contributed by atoms with Crippen molar-refractivity contribution in [2.45, 2.75) is 37.9 Å². The molecule has 3 N–H and O–H groups in total. The largest absolute Gasteiger partial charge is 0.486 e. The molecule has 3 aromatic rings. The molecule has 0 aliphatic carbocycles. The van der Waals surface area contributed by atoms with Gasteiger partial charge in [-0.05, 0) is 42.7 Å². The van der Waals surface area contributed by atoms with E-state index in [1.54, 1.807) is 24.4 Å². The summed E-state index contributed by atoms with van der Waals surface area (Å²) in [6, 6.07) is 10.4. The van der Waals surface area contributed by atoms with Crippen molar-refractivity contribution in [2.24, 2.45) is 0 Å². The van der Waals surface area contributed by atoms with Crippen LogP contribution in [0.2, 0.25) is 0 Å². The summed E-state index contributed by atoms with van der Waals surface area (Å²) in [7, 11) is 1.53. The average Bonchev–Trinajstić information content (AvgIpc) is 2.88. The minimum atomic E-state index is -0.316. The summed E-state index contributed by atoms with van der Waals surface area (Å²) in [4.78, 5) is 34.0. The number of hydrogen-bond donors (Lipinski definition) is 3. The highest BCUT2D eigenvalue weighted by molar-refractivity contribution is 5.99. The van der Waals surface area contributed by atoms with Gasteiger partial charge in [0.25, 0.3) is 0 Å². The van der Waals surface area contributed by atoms with E-state index in [-0.39, 0.29) is 30.3 Å². The third-order valence-electron chi connectivity index (χ3n) is 6.10. The third-order valence-corrected chi connectivity index (χ3v) is 6.10. The molecule has 1 aromatic carbocycles. The van der Waals surface area contributed by atoms with Gasteiger partial charge >= 0.3 is 0 Å². The summed E-state index contributed by atoms with van der Waals surface area (Å²) in [5, 5.41) is 9.17. The highest BCUT2D eigenvalue weighted by atomic mass is 16.6. The Morgan fingerprint density at radius 1 is 1.14 bits per heavy atom. The second-order valence-corrected chi connectivity index (χ2v) is 8.53. The predicted octanol–water partition coefficient (Wildman–Crippen LogP) is 2.18. The SMILES string of the molecule is COc1ccc2nccc(NC(=O)C[C@H]3CC[C@H](NCc4ccc5c(c4)OCCO5)C(=O)N3)c2n1. The van der Waals surface area contributed by atoms with E-state index < -0.39 is 0 Å². The number of carbonyl (C=O) groups is 2. The lowest BCUT2D eigenvalue weighted by molar-refractivity contribution is -0.126. The topological polar surface area (TPSA) is 124 Å². The third kappa shape index (κ3) is 5.27. The zero-order valence-electron chi connectivity index (χ0n) is 19.4. The van der Waals surface area contributed by atoms with Gasteiger partial charge in [-0.25, -0.2) is 4.98 Å². The second kappa shape index (κ2) is 10.1. The Hall–Kier alpha value is -3.92. The smallest absolute Gasteiger partial charge is 0.237 e. The number of amides is 2. The Labute approximate surface area is 202 Å². The number of carbonyl (C=O) groups excluding carboxylic acids is 2. The molecule has 0 unspecified atom stereocenters. The maximum atomic E-state index is 12.7. The number of fused-ring (bicyclic) bond motifs is 2. The molecule has 1 fully saturated rings.